The van der Waals surface area contributed by atoms with Gasteiger partial charge in [-0.15, -0.1) is 0 Å². The molecule has 0 radical (unpaired) electrons. The molecule has 3 rings (SSSR count). The van der Waals surface area contributed by atoms with Crippen molar-refractivity contribution in [2.24, 2.45) is 0 Å². The Kier molecular flexibility index (Phi) is 3.18. The first-order chi connectivity index (χ1) is 7.84. The van der Waals surface area contributed by atoms with Crippen LogP contribution in [0.25, 0.3) is 0 Å². The maximum absolute atomic E-state index is 9.98. The molecule has 3 heteroatoms. The summed E-state index contributed by atoms with van der Waals surface area (Å²) in [4.78, 5) is 5.24. The van der Waals surface area contributed by atoms with Crippen molar-refractivity contribution in [1.82, 2.24) is 9.80 Å². The fourth-order valence-electron chi connectivity index (χ4n) is 3.83. The second-order valence-electron chi connectivity index (χ2n) is 5.75. The van der Waals surface area contributed by atoms with E-state index < -0.39 is 0 Å². The summed E-state index contributed by atoms with van der Waals surface area (Å²) < 4.78 is 0. The number of piperazine rings is 1. The SMILES string of the molecule is OC1CCCC1N1CCN2CCCCC2C1. The van der Waals surface area contributed by atoms with Gasteiger partial charge in [-0.05, 0) is 38.6 Å². The Morgan fingerprint density at radius 3 is 2.50 bits per heavy atom. The van der Waals surface area contributed by atoms with Crippen molar-refractivity contribution in [3.8, 4) is 0 Å². The minimum Gasteiger partial charge on any atom is -0.391 e. The topological polar surface area (TPSA) is 26.7 Å². The van der Waals surface area contributed by atoms with E-state index in [4.69, 9.17) is 0 Å². The lowest BCUT2D eigenvalue weighted by Crippen LogP contribution is -2.58. The summed E-state index contributed by atoms with van der Waals surface area (Å²) >= 11 is 0. The molecule has 0 bridgehead atoms. The lowest BCUT2D eigenvalue weighted by Gasteiger charge is -2.46. The van der Waals surface area contributed by atoms with Gasteiger partial charge in [-0.2, -0.15) is 0 Å². The van der Waals surface area contributed by atoms with Crippen LogP contribution < -0.4 is 0 Å². The van der Waals surface area contributed by atoms with Crippen molar-refractivity contribution in [2.75, 3.05) is 26.2 Å². The fraction of sp³-hybridized carbons (Fsp3) is 1.00. The zero-order chi connectivity index (χ0) is 11.0. The quantitative estimate of drug-likeness (QED) is 0.722. The average molecular weight is 224 g/mol. The molecule has 0 aromatic carbocycles. The van der Waals surface area contributed by atoms with Gasteiger partial charge in [0.1, 0.15) is 0 Å². The molecule has 3 aliphatic rings. The Balaban J connectivity index is 1.61. The summed E-state index contributed by atoms with van der Waals surface area (Å²) in [6, 6.07) is 1.26. The number of nitrogens with zero attached hydrogens (tertiary/aromatic N) is 2. The number of hydrogen-bond acceptors (Lipinski definition) is 3. The Labute approximate surface area is 98.4 Å². The molecule has 3 fully saturated rings. The maximum Gasteiger partial charge on any atom is 0.0695 e. The lowest BCUT2D eigenvalue weighted by molar-refractivity contribution is -0.00354. The van der Waals surface area contributed by atoms with Gasteiger partial charge >= 0.3 is 0 Å². The van der Waals surface area contributed by atoms with Crippen LogP contribution in [0.5, 0.6) is 0 Å². The Morgan fingerprint density at radius 1 is 0.812 bits per heavy atom. The highest BCUT2D eigenvalue weighted by Crippen LogP contribution is 2.28. The lowest BCUT2D eigenvalue weighted by atomic mass is 9.98. The van der Waals surface area contributed by atoms with Crippen molar-refractivity contribution >= 4 is 0 Å². The number of aliphatic hydroxyl groups is 1. The van der Waals surface area contributed by atoms with Gasteiger partial charge in [0.2, 0.25) is 0 Å². The van der Waals surface area contributed by atoms with Gasteiger partial charge in [0.25, 0.3) is 0 Å². The number of hydrogen-bond donors (Lipinski definition) is 1. The Bertz CT molecular complexity index is 246. The van der Waals surface area contributed by atoms with E-state index in [1.807, 2.05) is 0 Å². The molecule has 0 amide bonds. The third kappa shape index (κ3) is 2.01. The standard InChI is InChI=1S/C13H24N2O/c16-13-6-3-5-12(13)15-9-8-14-7-2-1-4-11(14)10-15/h11-13,16H,1-10H2. The van der Waals surface area contributed by atoms with Crippen molar-refractivity contribution in [2.45, 2.75) is 56.7 Å². The number of fused-ring (bicyclic) bond motifs is 1. The average Bonchev–Trinajstić information content (AvgIpc) is 2.75. The predicted molar refractivity (Wildman–Crippen MR) is 64.4 cm³/mol. The van der Waals surface area contributed by atoms with E-state index in [-0.39, 0.29) is 6.10 Å². The first-order valence-corrected chi connectivity index (χ1v) is 7.01. The minimum atomic E-state index is -0.0462. The largest absolute Gasteiger partial charge is 0.391 e. The highest BCUT2D eigenvalue weighted by atomic mass is 16.3. The molecule has 0 spiro atoms. The van der Waals surface area contributed by atoms with Gasteiger partial charge in [-0.1, -0.05) is 6.42 Å². The number of rotatable bonds is 1. The van der Waals surface area contributed by atoms with Gasteiger partial charge in [-0.3, -0.25) is 9.80 Å². The maximum atomic E-state index is 9.98. The van der Waals surface area contributed by atoms with E-state index in [1.54, 1.807) is 0 Å². The van der Waals surface area contributed by atoms with Crippen LogP contribution in [-0.2, 0) is 0 Å². The third-order valence-corrected chi connectivity index (χ3v) is 4.78. The molecule has 2 aliphatic heterocycles. The van der Waals surface area contributed by atoms with Crippen molar-refractivity contribution in [3.05, 3.63) is 0 Å². The molecule has 92 valence electrons. The van der Waals surface area contributed by atoms with Gasteiger partial charge < -0.3 is 5.11 Å². The van der Waals surface area contributed by atoms with Gasteiger partial charge in [0.15, 0.2) is 0 Å². The molecule has 2 saturated heterocycles. The van der Waals surface area contributed by atoms with Crippen molar-refractivity contribution in [3.63, 3.8) is 0 Å². The molecule has 16 heavy (non-hydrogen) atoms. The van der Waals surface area contributed by atoms with E-state index in [0.717, 1.165) is 12.5 Å². The van der Waals surface area contributed by atoms with Crippen LogP contribution in [-0.4, -0.2) is 59.3 Å². The second kappa shape index (κ2) is 4.63. The highest BCUT2D eigenvalue weighted by Gasteiger charge is 2.36. The van der Waals surface area contributed by atoms with Crippen LogP contribution in [0.15, 0.2) is 0 Å². The summed E-state index contributed by atoms with van der Waals surface area (Å²) in [5.74, 6) is 0. The van der Waals surface area contributed by atoms with E-state index in [9.17, 15) is 5.11 Å². The van der Waals surface area contributed by atoms with E-state index in [0.29, 0.717) is 6.04 Å². The van der Waals surface area contributed by atoms with Crippen LogP contribution in [0, 0.1) is 0 Å². The van der Waals surface area contributed by atoms with Crippen LogP contribution >= 0.6 is 0 Å². The molecule has 1 N–H and O–H groups in total. The van der Waals surface area contributed by atoms with E-state index in [1.165, 1.54) is 58.3 Å². The molecular formula is C13H24N2O. The molecule has 3 unspecified atom stereocenters. The normalized spacial score (nSPS) is 42.2. The molecule has 3 atom stereocenters. The first-order valence-electron chi connectivity index (χ1n) is 7.01. The van der Waals surface area contributed by atoms with Gasteiger partial charge in [0.05, 0.1) is 6.10 Å². The van der Waals surface area contributed by atoms with E-state index in [2.05, 4.69) is 9.80 Å². The monoisotopic (exact) mass is 224 g/mol. The summed E-state index contributed by atoms with van der Waals surface area (Å²) in [7, 11) is 0. The Hall–Kier alpha value is -0.120. The third-order valence-electron chi connectivity index (χ3n) is 4.78. The van der Waals surface area contributed by atoms with Gasteiger partial charge in [0, 0.05) is 31.7 Å². The molecule has 1 saturated carbocycles. The van der Waals surface area contributed by atoms with Gasteiger partial charge in [-0.25, -0.2) is 0 Å². The molecule has 0 aromatic heterocycles. The second-order valence-corrected chi connectivity index (χ2v) is 5.75. The number of aliphatic hydroxyl groups excluding tert-OH is 1. The molecule has 3 nitrogen and oxygen atoms in total. The van der Waals surface area contributed by atoms with Crippen molar-refractivity contribution < 1.29 is 5.11 Å². The van der Waals surface area contributed by atoms with E-state index >= 15 is 0 Å². The summed E-state index contributed by atoms with van der Waals surface area (Å²) in [5, 5.41) is 9.98. The van der Waals surface area contributed by atoms with Crippen LogP contribution in [0.2, 0.25) is 0 Å². The zero-order valence-electron chi connectivity index (χ0n) is 10.1. The van der Waals surface area contributed by atoms with Crippen molar-refractivity contribution in [1.29, 1.82) is 0 Å². The Morgan fingerprint density at radius 2 is 1.69 bits per heavy atom. The number of piperidine rings is 1. The molecule has 0 aromatic rings. The summed E-state index contributed by atoms with van der Waals surface area (Å²) in [6.45, 7) is 4.93. The minimum absolute atomic E-state index is 0.0462. The predicted octanol–water partition coefficient (Wildman–Crippen LogP) is 1.07. The van der Waals surface area contributed by atoms with Crippen LogP contribution in [0.3, 0.4) is 0 Å². The summed E-state index contributed by atoms with van der Waals surface area (Å²) in [5.41, 5.74) is 0. The highest BCUT2D eigenvalue weighted by molar-refractivity contribution is 4.92. The molecular weight excluding hydrogens is 200 g/mol. The fourth-order valence-corrected chi connectivity index (χ4v) is 3.83. The smallest absolute Gasteiger partial charge is 0.0695 e. The summed E-state index contributed by atoms with van der Waals surface area (Å²) in [6.07, 6.45) is 7.58. The first kappa shape index (κ1) is 11.0. The molecule has 2 heterocycles. The van der Waals surface area contributed by atoms with Crippen LogP contribution in [0.1, 0.15) is 38.5 Å². The zero-order valence-corrected chi connectivity index (χ0v) is 10.1. The molecule has 1 aliphatic carbocycles. The van der Waals surface area contributed by atoms with Crippen LogP contribution in [0.4, 0.5) is 0 Å².